The van der Waals surface area contributed by atoms with Crippen LogP contribution in [-0.4, -0.2) is 42.9 Å². The van der Waals surface area contributed by atoms with Gasteiger partial charge in [0.2, 0.25) is 5.91 Å². The molecule has 0 aromatic heterocycles. The number of amides is 1. The molecule has 1 saturated heterocycles. The third kappa shape index (κ3) is 5.67. The molecule has 0 saturated carbocycles. The summed E-state index contributed by atoms with van der Waals surface area (Å²) in [7, 11) is 3.20. The molecule has 1 aliphatic heterocycles. The Labute approximate surface area is 192 Å². The standard InChI is InChI=1S/C20H20INO5S2/c1-24-14-5-3-4-6-15(14)26-7-8-27-18-13(21)9-12(10-16(18)25-2)11-17-19(23)22-20(28)29-17/h3-6,9-10,17H,7-8,11H2,1-2H3,(H,22,23,28). The van der Waals surface area contributed by atoms with Crippen molar-refractivity contribution < 1.29 is 23.7 Å². The molecule has 0 spiro atoms. The number of hydrogen-bond acceptors (Lipinski definition) is 7. The van der Waals surface area contributed by atoms with E-state index in [0.29, 0.717) is 47.0 Å². The van der Waals surface area contributed by atoms with Gasteiger partial charge >= 0.3 is 0 Å². The van der Waals surface area contributed by atoms with E-state index in [-0.39, 0.29) is 11.2 Å². The molecule has 1 heterocycles. The first-order valence-corrected chi connectivity index (χ1v) is 11.1. The SMILES string of the molecule is COc1ccccc1OCCOc1c(I)cc(CC2SC(=S)NC2=O)cc1OC. The van der Waals surface area contributed by atoms with Gasteiger partial charge in [0.25, 0.3) is 0 Å². The molecule has 0 aliphatic carbocycles. The lowest BCUT2D eigenvalue weighted by atomic mass is 10.1. The fourth-order valence-electron chi connectivity index (χ4n) is 2.81. The van der Waals surface area contributed by atoms with E-state index >= 15 is 0 Å². The predicted octanol–water partition coefficient (Wildman–Crippen LogP) is 3.83. The summed E-state index contributed by atoms with van der Waals surface area (Å²) < 4.78 is 23.9. The number of rotatable bonds is 9. The van der Waals surface area contributed by atoms with Gasteiger partial charge in [-0.25, -0.2) is 0 Å². The van der Waals surface area contributed by atoms with E-state index in [1.807, 2.05) is 36.4 Å². The highest BCUT2D eigenvalue weighted by Gasteiger charge is 2.29. The van der Waals surface area contributed by atoms with Gasteiger partial charge in [0.05, 0.1) is 23.0 Å². The van der Waals surface area contributed by atoms with Crippen molar-refractivity contribution in [3.8, 4) is 23.0 Å². The van der Waals surface area contributed by atoms with Gasteiger partial charge in [0.15, 0.2) is 23.0 Å². The zero-order chi connectivity index (χ0) is 20.8. The van der Waals surface area contributed by atoms with Crippen molar-refractivity contribution in [1.29, 1.82) is 0 Å². The minimum Gasteiger partial charge on any atom is -0.493 e. The molecule has 154 valence electrons. The second-order valence-electron chi connectivity index (χ2n) is 6.04. The van der Waals surface area contributed by atoms with Gasteiger partial charge in [-0.1, -0.05) is 36.1 Å². The molecule has 1 N–H and O–H groups in total. The third-order valence-corrected chi connectivity index (χ3v) is 6.31. The number of carbonyl (C=O) groups excluding carboxylic acids is 1. The molecule has 29 heavy (non-hydrogen) atoms. The van der Waals surface area contributed by atoms with Crippen LogP contribution in [0.4, 0.5) is 0 Å². The normalized spacial score (nSPS) is 15.8. The van der Waals surface area contributed by atoms with E-state index in [1.54, 1.807) is 14.2 Å². The maximum Gasteiger partial charge on any atom is 0.239 e. The first-order valence-electron chi connectivity index (χ1n) is 8.78. The zero-order valence-corrected chi connectivity index (χ0v) is 19.7. The van der Waals surface area contributed by atoms with Crippen LogP contribution in [0.1, 0.15) is 5.56 Å². The molecular formula is C20H20INO5S2. The number of hydrogen-bond donors (Lipinski definition) is 1. The first-order chi connectivity index (χ1) is 14.0. The molecule has 2 aromatic rings. The summed E-state index contributed by atoms with van der Waals surface area (Å²) >= 11 is 8.65. The first kappa shape index (κ1) is 22.0. The Morgan fingerprint density at radius 3 is 2.41 bits per heavy atom. The molecule has 1 atom stereocenters. The van der Waals surface area contributed by atoms with Crippen LogP contribution in [0.25, 0.3) is 0 Å². The van der Waals surface area contributed by atoms with Crippen molar-refractivity contribution in [1.82, 2.24) is 5.32 Å². The van der Waals surface area contributed by atoms with E-state index in [4.69, 9.17) is 31.2 Å². The van der Waals surface area contributed by atoms with Crippen LogP contribution < -0.4 is 24.3 Å². The van der Waals surface area contributed by atoms with E-state index in [2.05, 4.69) is 27.9 Å². The van der Waals surface area contributed by atoms with Crippen LogP contribution in [-0.2, 0) is 11.2 Å². The van der Waals surface area contributed by atoms with Gasteiger partial charge in [-0.15, -0.1) is 0 Å². The average Bonchev–Trinajstić information content (AvgIpc) is 3.03. The Kier molecular flexibility index (Phi) is 7.84. The lowest BCUT2D eigenvalue weighted by Gasteiger charge is -2.16. The van der Waals surface area contributed by atoms with Crippen molar-refractivity contribution in [3.63, 3.8) is 0 Å². The average molecular weight is 545 g/mol. The number of nitrogens with one attached hydrogen (secondary N) is 1. The highest BCUT2D eigenvalue weighted by Crippen LogP contribution is 2.35. The minimum atomic E-state index is -0.218. The molecule has 3 rings (SSSR count). The Balaban J connectivity index is 1.62. The number of thiocarbonyl (C=S) groups is 1. The third-order valence-electron chi connectivity index (χ3n) is 4.13. The van der Waals surface area contributed by atoms with Crippen molar-refractivity contribution in [2.75, 3.05) is 27.4 Å². The van der Waals surface area contributed by atoms with Gasteiger partial charge in [0.1, 0.15) is 17.5 Å². The van der Waals surface area contributed by atoms with Crippen LogP contribution in [0.15, 0.2) is 36.4 Å². The zero-order valence-electron chi connectivity index (χ0n) is 15.9. The Morgan fingerprint density at radius 2 is 1.76 bits per heavy atom. The van der Waals surface area contributed by atoms with Crippen LogP contribution >= 0.6 is 46.6 Å². The van der Waals surface area contributed by atoms with Crippen LogP contribution in [0.2, 0.25) is 0 Å². The quantitative estimate of drug-likeness (QED) is 0.292. The Bertz CT molecular complexity index is 908. The van der Waals surface area contributed by atoms with E-state index in [1.165, 1.54) is 11.8 Å². The van der Waals surface area contributed by atoms with Crippen molar-refractivity contribution >= 4 is 56.8 Å². The molecule has 1 aliphatic rings. The van der Waals surface area contributed by atoms with Gasteiger partial charge in [-0.3, -0.25) is 4.79 Å². The maximum absolute atomic E-state index is 11.9. The van der Waals surface area contributed by atoms with E-state index in [0.717, 1.165) is 9.13 Å². The van der Waals surface area contributed by atoms with Crippen LogP contribution in [0, 0.1) is 3.57 Å². The lowest BCUT2D eigenvalue weighted by molar-refractivity contribution is -0.118. The number of ether oxygens (including phenoxy) is 4. The Hall–Kier alpha value is -1.72. The van der Waals surface area contributed by atoms with Gasteiger partial charge < -0.3 is 24.3 Å². The van der Waals surface area contributed by atoms with Crippen LogP contribution in [0.3, 0.4) is 0 Å². The molecule has 0 radical (unpaired) electrons. The molecule has 9 heteroatoms. The maximum atomic E-state index is 11.9. The highest BCUT2D eigenvalue weighted by atomic mass is 127. The monoisotopic (exact) mass is 545 g/mol. The largest absolute Gasteiger partial charge is 0.493 e. The number of halogens is 1. The topological polar surface area (TPSA) is 66.0 Å². The van der Waals surface area contributed by atoms with Gasteiger partial charge in [-0.05, 0) is 58.8 Å². The minimum absolute atomic E-state index is 0.0530. The van der Waals surface area contributed by atoms with Crippen LogP contribution in [0.5, 0.6) is 23.0 Å². The summed E-state index contributed by atoms with van der Waals surface area (Å²) in [5.74, 6) is 2.57. The van der Waals surface area contributed by atoms with Crippen molar-refractivity contribution in [2.45, 2.75) is 11.7 Å². The summed E-state index contributed by atoms with van der Waals surface area (Å²) in [5, 5.41) is 2.45. The van der Waals surface area contributed by atoms with E-state index < -0.39 is 0 Å². The summed E-state index contributed by atoms with van der Waals surface area (Å²) in [6, 6.07) is 11.4. The molecule has 2 aromatic carbocycles. The smallest absolute Gasteiger partial charge is 0.239 e. The molecule has 6 nitrogen and oxygen atoms in total. The summed E-state index contributed by atoms with van der Waals surface area (Å²) in [5.41, 5.74) is 0.987. The second-order valence-corrected chi connectivity index (χ2v) is 9.09. The molecule has 1 unspecified atom stereocenters. The van der Waals surface area contributed by atoms with Gasteiger partial charge in [-0.2, -0.15) is 0 Å². The predicted molar refractivity (Wildman–Crippen MR) is 126 cm³/mol. The number of thioether (sulfide) groups is 1. The summed E-state index contributed by atoms with van der Waals surface area (Å²) in [4.78, 5) is 11.9. The lowest BCUT2D eigenvalue weighted by Crippen LogP contribution is -2.25. The highest BCUT2D eigenvalue weighted by molar-refractivity contribution is 14.1. The molecule has 1 amide bonds. The number of benzene rings is 2. The molecule has 1 fully saturated rings. The number of carbonyl (C=O) groups is 1. The van der Waals surface area contributed by atoms with Gasteiger partial charge in [0, 0.05) is 0 Å². The van der Waals surface area contributed by atoms with Crippen molar-refractivity contribution in [3.05, 3.63) is 45.5 Å². The molecular weight excluding hydrogens is 525 g/mol. The fourth-order valence-corrected chi connectivity index (χ4v) is 4.94. The summed E-state index contributed by atoms with van der Waals surface area (Å²) in [6.07, 6.45) is 0.570. The number of para-hydroxylation sites is 2. The Morgan fingerprint density at radius 1 is 1.07 bits per heavy atom. The number of methoxy groups -OCH3 is 2. The summed E-state index contributed by atoms with van der Waals surface area (Å²) in [6.45, 7) is 0.705. The second kappa shape index (κ2) is 10.4. The molecule has 0 bridgehead atoms. The fraction of sp³-hybridized carbons (Fsp3) is 0.300. The van der Waals surface area contributed by atoms with E-state index in [9.17, 15) is 4.79 Å². The van der Waals surface area contributed by atoms with Crippen molar-refractivity contribution in [2.24, 2.45) is 0 Å².